The smallest absolute Gasteiger partial charge is 0.238 e. The summed E-state index contributed by atoms with van der Waals surface area (Å²) in [6, 6.07) is 0.148. The van der Waals surface area contributed by atoms with E-state index in [0.717, 1.165) is 19.4 Å². The van der Waals surface area contributed by atoms with Gasteiger partial charge in [-0.15, -0.1) is 12.4 Å². The molecule has 0 aromatic heterocycles. The molecule has 0 aromatic carbocycles. The number of carbonyl (C=O) groups excluding carboxylic acids is 1. The minimum absolute atomic E-state index is 0. The number of likely N-dealkylation sites (N-methyl/N-ethyl adjacent to an activating group) is 1. The fourth-order valence-electron chi connectivity index (χ4n) is 2.03. The van der Waals surface area contributed by atoms with Crippen LogP contribution in [0.3, 0.4) is 0 Å². The maximum Gasteiger partial charge on any atom is 0.238 e. The zero-order valence-corrected chi connectivity index (χ0v) is 12.8. The Morgan fingerprint density at radius 2 is 2.06 bits per heavy atom. The van der Waals surface area contributed by atoms with Crippen molar-refractivity contribution in [2.24, 2.45) is 0 Å². The Morgan fingerprint density at radius 3 is 2.56 bits per heavy atom. The van der Waals surface area contributed by atoms with Crippen molar-refractivity contribution in [2.45, 2.75) is 38.0 Å². The van der Waals surface area contributed by atoms with E-state index >= 15 is 0 Å². The summed E-state index contributed by atoms with van der Waals surface area (Å²) >= 11 is 0. The first-order valence-electron chi connectivity index (χ1n) is 6.04. The molecule has 108 valence electrons. The monoisotopic (exact) mass is 298 g/mol. The summed E-state index contributed by atoms with van der Waals surface area (Å²) in [6.07, 6.45) is 1.91. The van der Waals surface area contributed by atoms with Crippen molar-refractivity contribution in [1.29, 1.82) is 0 Å². The number of halogens is 1. The fourth-order valence-corrected chi connectivity index (χ4v) is 2.88. The largest absolute Gasteiger partial charge is 0.338 e. The summed E-state index contributed by atoms with van der Waals surface area (Å²) in [4.78, 5) is 13.7. The van der Waals surface area contributed by atoms with E-state index in [1.807, 2.05) is 7.05 Å². The van der Waals surface area contributed by atoms with Gasteiger partial charge in [-0.1, -0.05) is 0 Å². The number of nitrogens with one attached hydrogen (secondary N) is 1. The van der Waals surface area contributed by atoms with Gasteiger partial charge in [0.15, 0.2) is 9.84 Å². The van der Waals surface area contributed by atoms with Crippen LogP contribution in [0.2, 0.25) is 0 Å². The number of rotatable bonds is 5. The van der Waals surface area contributed by atoms with Gasteiger partial charge in [0.1, 0.15) is 5.75 Å². The molecule has 1 amide bonds. The van der Waals surface area contributed by atoms with E-state index < -0.39 is 15.1 Å². The molecule has 1 saturated heterocycles. The van der Waals surface area contributed by atoms with Crippen LogP contribution in [-0.4, -0.2) is 56.4 Å². The Kier molecular flexibility index (Phi) is 7.17. The topological polar surface area (TPSA) is 66.5 Å². The van der Waals surface area contributed by atoms with E-state index in [0.29, 0.717) is 6.54 Å². The van der Waals surface area contributed by atoms with Crippen LogP contribution in [0.5, 0.6) is 0 Å². The van der Waals surface area contributed by atoms with E-state index in [4.69, 9.17) is 0 Å². The highest BCUT2D eigenvalue weighted by Crippen LogP contribution is 2.17. The van der Waals surface area contributed by atoms with Crippen molar-refractivity contribution < 1.29 is 13.2 Å². The molecule has 0 aromatic rings. The second kappa shape index (κ2) is 7.31. The van der Waals surface area contributed by atoms with Crippen LogP contribution >= 0.6 is 12.4 Å². The number of amides is 1. The van der Waals surface area contributed by atoms with Gasteiger partial charge in [-0.25, -0.2) is 8.42 Å². The lowest BCUT2D eigenvalue weighted by Gasteiger charge is -2.24. The molecule has 1 fully saturated rings. The Balaban J connectivity index is 0.00000289. The number of hydrogen-bond acceptors (Lipinski definition) is 4. The SMILES string of the molecule is CNCC1CCCN1C(=O)CS(=O)(=O)C(C)C.Cl. The number of carbonyl (C=O) groups is 1. The summed E-state index contributed by atoms with van der Waals surface area (Å²) in [5.41, 5.74) is 0. The molecule has 0 aliphatic carbocycles. The van der Waals surface area contributed by atoms with Gasteiger partial charge in [-0.3, -0.25) is 4.79 Å². The predicted molar refractivity (Wildman–Crippen MR) is 74.8 cm³/mol. The molecule has 5 nitrogen and oxygen atoms in total. The van der Waals surface area contributed by atoms with E-state index in [-0.39, 0.29) is 30.1 Å². The minimum Gasteiger partial charge on any atom is -0.338 e. The highest BCUT2D eigenvalue weighted by Gasteiger charge is 2.31. The van der Waals surface area contributed by atoms with Crippen molar-refractivity contribution in [3.05, 3.63) is 0 Å². The van der Waals surface area contributed by atoms with Gasteiger partial charge in [0.25, 0.3) is 0 Å². The van der Waals surface area contributed by atoms with Crippen molar-refractivity contribution >= 4 is 28.2 Å². The van der Waals surface area contributed by atoms with Crippen molar-refractivity contribution in [1.82, 2.24) is 10.2 Å². The second-order valence-electron chi connectivity index (χ2n) is 4.80. The van der Waals surface area contributed by atoms with Gasteiger partial charge >= 0.3 is 0 Å². The van der Waals surface area contributed by atoms with E-state index in [1.165, 1.54) is 0 Å². The third kappa shape index (κ3) is 4.40. The Morgan fingerprint density at radius 1 is 1.44 bits per heavy atom. The van der Waals surface area contributed by atoms with Gasteiger partial charge in [0.05, 0.1) is 5.25 Å². The van der Waals surface area contributed by atoms with Gasteiger partial charge in [0, 0.05) is 19.1 Å². The average molecular weight is 299 g/mol. The summed E-state index contributed by atoms with van der Waals surface area (Å²) in [6.45, 7) is 4.63. The van der Waals surface area contributed by atoms with Crippen LogP contribution in [0.1, 0.15) is 26.7 Å². The van der Waals surface area contributed by atoms with Gasteiger partial charge < -0.3 is 10.2 Å². The molecule has 1 aliphatic heterocycles. The number of likely N-dealkylation sites (tertiary alicyclic amines) is 1. The summed E-state index contributed by atoms with van der Waals surface area (Å²) in [5, 5.41) is 2.55. The molecule has 1 rings (SSSR count). The molecule has 1 unspecified atom stereocenters. The summed E-state index contributed by atoms with van der Waals surface area (Å²) < 4.78 is 23.4. The zero-order chi connectivity index (χ0) is 13.1. The molecule has 0 radical (unpaired) electrons. The molecule has 1 N–H and O–H groups in total. The molecular weight excluding hydrogens is 276 g/mol. The standard InChI is InChI=1S/C11H22N2O3S.ClH/c1-9(2)17(15,16)8-11(14)13-6-4-5-10(13)7-12-3;/h9-10,12H,4-8H2,1-3H3;1H. The second-order valence-corrected chi connectivity index (χ2v) is 7.35. The average Bonchev–Trinajstić information content (AvgIpc) is 2.65. The zero-order valence-electron chi connectivity index (χ0n) is 11.2. The maximum atomic E-state index is 12.0. The molecule has 1 atom stereocenters. The van der Waals surface area contributed by atoms with Crippen molar-refractivity contribution in [2.75, 3.05) is 25.9 Å². The molecular formula is C11H23ClN2O3S. The molecule has 0 spiro atoms. The fraction of sp³-hybridized carbons (Fsp3) is 0.909. The lowest BCUT2D eigenvalue weighted by molar-refractivity contribution is -0.129. The number of nitrogens with zero attached hydrogens (tertiary/aromatic N) is 1. The first-order valence-corrected chi connectivity index (χ1v) is 7.75. The lowest BCUT2D eigenvalue weighted by atomic mass is 10.2. The number of sulfone groups is 1. The van der Waals surface area contributed by atoms with Crippen LogP contribution in [0.15, 0.2) is 0 Å². The van der Waals surface area contributed by atoms with Crippen LogP contribution in [0, 0.1) is 0 Å². The van der Waals surface area contributed by atoms with Gasteiger partial charge in [0.2, 0.25) is 5.91 Å². The molecule has 0 saturated carbocycles. The van der Waals surface area contributed by atoms with Crippen molar-refractivity contribution in [3.63, 3.8) is 0 Å². The maximum absolute atomic E-state index is 12.0. The first kappa shape index (κ1) is 17.7. The third-order valence-electron chi connectivity index (χ3n) is 3.18. The Bertz CT molecular complexity index is 370. The summed E-state index contributed by atoms with van der Waals surface area (Å²) in [7, 11) is -1.45. The third-order valence-corrected chi connectivity index (χ3v) is 5.27. The van der Waals surface area contributed by atoms with E-state index in [2.05, 4.69) is 5.32 Å². The molecule has 1 heterocycles. The molecule has 1 aliphatic rings. The highest BCUT2D eigenvalue weighted by molar-refractivity contribution is 7.92. The molecule has 18 heavy (non-hydrogen) atoms. The predicted octanol–water partition coefficient (Wildman–Crippen LogP) is 0.442. The van der Waals surface area contributed by atoms with Crippen LogP contribution in [-0.2, 0) is 14.6 Å². The normalized spacial score (nSPS) is 20.0. The first-order chi connectivity index (χ1) is 7.88. The minimum atomic E-state index is -3.28. The summed E-state index contributed by atoms with van der Waals surface area (Å²) in [5.74, 6) is -0.610. The van der Waals surface area contributed by atoms with Gasteiger partial charge in [-0.05, 0) is 33.7 Å². The van der Waals surface area contributed by atoms with Gasteiger partial charge in [-0.2, -0.15) is 0 Å². The number of hydrogen-bond donors (Lipinski definition) is 1. The van der Waals surface area contributed by atoms with Crippen LogP contribution in [0.25, 0.3) is 0 Å². The van der Waals surface area contributed by atoms with Crippen molar-refractivity contribution in [3.8, 4) is 0 Å². The lowest BCUT2D eigenvalue weighted by Crippen LogP contribution is -2.44. The Hall–Kier alpha value is -0.330. The molecule has 7 heteroatoms. The van der Waals surface area contributed by atoms with E-state index in [1.54, 1.807) is 18.7 Å². The quantitative estimate of drug-likeness (QED) is 0.800. The molecule has 0 bridgehead atoms. The van der Waals surface area contributed by atoms with E-state index in [9.17, 15) is 13.2 Å². The highest BCUT2D eigenvalue weighted by atomic mass is 35.5. The Labute approximate surface area is 116 Å². The van der Waals surface area contributed by atoms with Crippen LogP contribution in [0.4, 0.5) is 0 Å². The van der Waals surface area contributed by atoms with Crippen LogP contribution < -0.4 is 5.32 Å².